The Hall–Kier alpha value is -0.0800. The van der Waals surface area contributed by atoms with Crippen molar-refractivity contribution in [2.45, 2.75) is 51.6 Å². The average molecular weight is 192 g/mol. The van der Waals surface area contributed by atoms with Crippen LogP contribution in [0, 0.1) is 0 Å². The smallest absolute Gasteiger partial charge is 0.131 e. The average Bonchev–Trinajstić information content (AvgIpc) is 1.85. The van der Waals surface area contributed by atoms with Crippen molar-refractivity contribution in [2.24, 2.45) is 0 Å². The standard InChI is InChI=1S/C9H17NO.ClH/c1-7-4-3-5-9(10-7)6-8(2)11;/h7,9-10H,3-6H2,1-2H3;1H/t7-,9+;/m0./s1. The van der Waals surface area contributed by atoms with Gasteiger partial charge in [0.05, 0.1) is 0 Å². The molecule has 12 heavy (non-hydrogen) atoms. The third kappa shape index (κ3) is 4.07. The summed E-state index contributed by atoms with van der Waals surface area (Å²) in [6.07, 6.45) is 4.41. The van der Waals surface area contributed by atoms with Crippen LogP contribution in [-0.4, -0.2) is 17.9 Å². The number of nitrogens with one attached hydrogen (secondary N) is 1. The Bertz CT molecular complexity index is 149. The summed E-state index contributed by atoms with van der Waals surface area (Å²) in [5.74, 6) is 0.302. The summed E-state index contributed by atoms with van der Waals surface area (Å²) in [5, 5.41) is 3.43. The second-order valence-electron chi connectivity index (χ2n) is 3.60. The van der Waals surface area contributed by atoms with Gasteiger partial charge in [-0.25, -0.2) is 0 Å². The molecule has 0 saturated carbocycles. The summed E-state index contributed by atoms with van der Waals surface area (Å²) in [6.45, 7) is 3.85. The highest BCUT2D eigenvalue weighted by atomic mass is 35.5. The predicted molar refractivity (Wildman–Crippen MR) is 52.8 cm³/mol. The summed E-state index contributed by atoms with van der Waals surface area (Å²) in [5.41, 5.74) is 0. The highest BCUT2D eigenvalue weighted by Gasteiger charge is 2.18. The lowest BCUT2D eigenvalue weighted by Gasteiger charge is -2.27. The molecule has 2 atom stereocenters. The molecule has 0 spiro atoms. The third-order valence-corrected chi connectivity index (χ3v) is 2.24. The lowest BCUT2D eigenvalue weighted by Crippen LogP contribution is -2.41. The van der Waals surface area contributed by atoms with Crippen LogP contribution in [0.2, 0.25) is 0 Å². The largest absolute Gasteiger partial charge is 0.311 e. The molecule has 3 heteroatoms. The van der Waals surface area contributed by atoms with Gasteiger partial charge in [-0.3, -0.25) is 4.79 Å². The van der Waals surface area contributed by atoms with E-state index < -0.39 is 0 Å². The van der Waals surface area contributed by atoms with Gasteiger partial charge in [-0.2, -0.15) is 0 Å². The second-order valence-corrected chi connectivity index (χ2v) is 3.60. The molecule has 1 aliphatic rings. The Balaban J connectivity index is 0.00000121. The number of carbonyl (C=O) groups is 1. The topological polar surface area (TPSA) is 29.1 Å². The molecule has 0 aromatic carbocycles. The van der Waals surface area contributed by atoms with Crippen molar-refractivity contribution in [1.29, 1.82) is 0 Å². The molecule has 2 nitrogen and oxygen atoms in total. The van der Waals surface area contributed by atoms with Crippen molar-refractivity contribution in [3.05, 3.63) is 0 Å². The van der Waals surface area contributed by atoms with Crippen LogP contribution in [0.3, 0.4) is 0 Å². The third-order valence-electron chi connectivity index (χ3n) is 2.24. The van der Waals surface area contributed by atoms with Crippen molar-refractivity contribution in [1.82, 2.24) is 5.32 Å². The second kappa shape index (κ2) is 5.55. The number of hydrogen-bond acceptors (Lipinski definition) is 2. The van der Waals surface area contributed by atoms with Gasteiger partial charge < -0.3 is 5.32 Å². The first-order valence-electron chi connectivity index (χ1n) is 4.44. The monoisotopic (exact) mass is 191 g/mol. The molecule has 1 saturated heterocycles. The van der Waals surface area contributed by atoms with Gasteiger partial charge in [0.2, 0.25) is 0 Å². The lowest BCUT2D eigenvalue weighted by atomic mass is 9.96. The highest BCUT2D eigenvalue weighted by molar-refractivity contribution is 5.85. The zero-order valence-corrected chi connectivity index (χ0v) is 8.62. The zero-order valence-electron chi connectivity index (χ0n) is 7.80. The Labute approximate surface area is 80.5 Å². The fourth-order valence-corrected chi connectivity index (χ4v) is 1.75. The molecule has 1 rings (SSSR count). The summed E-state index contributed by atoms with van der Waals surface area (Å²) in [6, 6.07) is 1.06. The lowest BCUT2D eigenvalue weighted by molar-refractivity contribution is -0.117. The minimum atomic E-state index is 0. The van der Waals surface area contributed by atoms with Crippen LogP contribution < -0.4 is 5.32 Å². The molecule has 0 radical (unpaired) electrons. The van der Waals surface area contributed by atoms with Gasteiger partial charge in [0, 0.05) is 18.5 Å². The summed E-state index contributed by atoms with van der Waals surface area (Å²) >= 11 is 0. The molecule has 1 N–H and O–H groups in total. The quantitative estimate of drug-likeness (QED) is 0.723. The molecule has 1 fully saturated rings. The molecule has 0 aromatic rings. The Morgan fingerprint density at radius 2 is 2.17 bits per heavy atom. The molecule has 0 aromatic heterocycles. The van der Waals surface area contributed by atoms with Crippen LogP contribution in [0.5, 0.6) is 0 Å². The van der Waals surface area contributed by atoms with Crippen LogP contribution in [0.1, 0.15) is 39.5 Å². The van der Waals surface area contributed by atoms with Gasteiger partial charge in [0.25, 0.3) is 0 Å². The van der Waals surface area contributed by atoms with E-state index in [1.54, 1.807) is 6.92 Å². The van der Waals surface area contributed by atoms with E-state index in [1.165, 1.54) is 19.3 Å². The summed E-state index contributed by atoms with van der Waals surface area (Å²) in [7, 11) is 0. The number of halogens is 1. The molecule has 0 amide bonds. The van der Waals surface area contributed by atoms with Crippen LogP contribution in [0.4, 0.5) is 0 Å². The van der Waals surface area contributed by atoms with E-state index >= 15 is 0 Å². The fourth-order valence-electron chi connectivity index (χ4n) is 1.75. The number of Topliss-reactive ketones (excluding diaryl/α,β-unsaturated/α-hetero) is 1. The number of ketones is 1. The predicted octanol–water partition coefficient (Wildman–Crippen LogP) is 1.92. The van der Waals surface area contributed by atoms with E-state index in [2.05, 4.69) is 12.2 Å². The van der Waals surface area contributed by atoms with Crippen molar-refractivity contribution < 1.29 is 4.79 Å². The van der Waals surface area contributed by atoms with E-state index in [1.807, 2.05) is 0 Å². The van der Waals surface area contributed by atoms with Gasteiger partial charge in [-0.05, 0) is 26.7 Å². The van der Waals surface area contributed by atoms with E-state index in [0.717, 1.165) is 0 Å². The number of rotatable bonds is 2. The minimum Gasteiger partial charge on any atom is -0.311 e. The molecular formula is C9H18ClNO. The van der Waals surface area contributed by atoms with Crippen LogP contribution in [-0.2, 0) is 4.79 Å². The zero-order chi connectivity index (χ0) is 8.27. The first-order chi connectivity index (χ1) is 5.18. The van der Waals surface area contributed by atoms with Crippen LogP contribution in [0.15, 0.2) is 0 Å². The van der Waals surface area contributed by atoms with Crippen molar-refractivity contribution in [2.75, 3.05) is 0 Å². The van der Waals surface area contributed by atoms with Crippen LogP contribution >= 0.6 is 12.4 Å². The van der Waals surface area contributed by atoms with Crippen LogP contribution in [0.25, 0.3) is 0 Å². The minimum absolute atomic E-state index is 0. The number of hydrogen-bond donors (Lipinski definition) is 1. The van der Waals surface area contributed by atoms with Gasteiger partial charge >= 0.3 is 0 Å². The van der Waals surface area contributed by atoms with E-state index in [0.29, 0.717) is 24.3 Å². The maximum absolute atomic E-state index is 10.8. The van der Waals surface area contributed by atoms with Gasteiger partial charge in [-0.1, -0.05) is 6.42 Å². The number of carbonyl (C=O) groups excluding carboxylic acids is 1. The molecular weight excluding hydrogens is 174 g/mol. The Morgan fingerprint density at radius 3 is 2.67 bits per heavy atom. The first kappa shape index (κ1) is 11.9. The molecule has 72 valence electrons. The van der Waals surface area contributed by atoms with E-state index in [4.69, 9.17) is 0 Å². The molecule has 0 aliphatic carbocycles. The summed E-state index contributed by atoms with van der Waals surface area (Å²) in [4.78, 5) is 10.8. The molecule has 1 heterocycles. The van der Waals surface area contributed by atoms with Crippen molar-refractivity contribution >= 4 is 18.2 Å². The Morgan fingerprint density at radius 1 is 1.50 bits per heavy atom. The SMILES string of the molecule is CC(=O)C[C@H]1CCC[C@H](C)N1.Cl. The molecule has 0 bridgehead atoms. The summed E-state index contributed by atoms with van der Waals surface area (Å²) < 4.78 is 0. The number of piperidine rings is 1. The van der Waals surface area contributed by atoms with E-state index in [-0.39, 0.29) is 12.4 Å². The molecule has 0 unspecified atom stereocenters. The molecule has 1 aliphatic heterocycles. The highest BCUT2D eigenvalue weighted by Crippen LogP contribution is 2.14. The van der Waals surface area contributed by atoms with Crippen molar-refractivity contribution in [3.63, 3.8) is 0 Å². The van der Waals surface area contributed by atoms with E-state index in [9.17, 15) is 4.79 Å². The maximum atomic E-state index is 10.8. The van der Waals surface area contributed by atoms with Gasteiger partial charge in [0.15, 0.2) is 0 Å². The normalized spacial score (nSPS) is 29.2. The maximum Gasteiger partial charge on any atom is 0.131 e. The Kier molecular flexibility index (Phi) is 5.51. The van der Waals surface area contributed by atoms with Gasteiger partial charge in [0.1, 0.15) is 5.78 Å². The first-order valence-corrected chi connectivity index (χ1v) is 4.44. The van der Waals surface area contributed by atoms with Crippen molar-refractivity contribution in [3.8, 4) is 0 Å². The van der Waals surface area contributed by atoms with Gasteiger partial charge in [-0.15, -0.1) is 12.4 Å². The fraction of sp³-hybridized carbons (Fsp3) is 0.889.